The summed E-state index contributed by atoms with van der Waals surface area (Å²) in [5.74, 6) is -0.00655. The summed E-state index contributed by atoms with van der Waals surface area (Å²) in [6, 6.07) is 0.181. The number of aliphatic hydroxyl groups is 1. The van der Waals surface area contributed by atoms with Gasteiger partial charge in [0.05, 0.1) is 18.4 Å². The Kier molecular flexibility index (Phi) is 7.75. The number of hydrogen-bond donors (Lipinski definition) is 2. The fraction of sp³-hybridized carbons (Fsp3) is 0.700. The summed E-state index contributed by atoms with van der Waals surface area (Å²) >= 11 is 0. The third kappa shape index (κ3) is 6.21. The number of likely N-dealkylation sites (tertiary alicyclic amines) is 1. The standard InChI is InChI=1S/C20H29F3N6O3/c1-13(2)31-18(24)28-9-5-16(6-10-28)32-27-15-3-7-29(8-4-15)19-25-11-14(12-30)17(26-19)20(21,22)23/h11,13,16,24,30H,3-10,12H2,1-2H3. The van der Waals surface area contributed by atoms with Crippen LogP contribution in [0.4, 0.5) is 19.1 Å². The Morgan fingerprint density at radius 1 is 1.25 bits per heavy atom. The van der Waals surface area contributed by atoms with E-state index in [1.54, 1.807) is 4.90 Å². The molecule has 0 radical (unpaired) electrons. The zero-order chi connectivity index (χ0) is 23.3. The fourth-order valence-electron chi connectivity index (χ4n) is 3.58. The second-order valence-electron chi connectivity index (χ2n) is 8.11. The smallest absolute Gasteiger partial charge is 0.433 e. The van der Waals surface area contributed by atoms with Gasteiger partial charge in [-0.15, -0.1) is 0 Å². The van der Waals surface area contributed by atoms with Crippen LogP contribution in [0.25, 0.3) is 0 Å². The van der Waals surface area contributed by atoms with E-state index < -0.39 is 18.5 Å². The van der Waals surface area contributed by atoms with Gasteiger partial charge in [0.25, 0.3) is 6.02 Å². The highest BCUT2D eigenvalue weighted by atomic mass is 19.4. The van der Waals surface area contributed by atoms with Gasteiger partial charge >= 0.3 is 6.18 Å². The first-order valence-corrected chi connectivity index (χ1v) is 10.7. The summed E-state index contributed by atoms with van der Waals surface area (Å²) in [6.45, 7) is 5.19. The van der Waals surface area contributed by atoms with Crippen molar-refractivity contribution in [3.63, 3.8) is 0 Å². The molecule has 0 spiro atoms. The molecular weight excluding hydrogens is 429 g/mol. The Morgan fingerprint density at radius 3 is 2.47 bits per heavy atom. The molecule has 9 nitrogen and oxygen atoms in total. The van der Waals surface area contributed by atoms with E-state index in [0.717, 1.165) is 24.8 Å². The topological polar surface area (TPSA) is 107 Å². The molecule has 2 N–H and O–H groups in total. The number of hydrogen-bond acceptors (Lipinski definition) is 8. The second kappa shape index (κ2) is 10.3. The number of amidine groups is 1. The van der Waals surface area contributed by atoms with E-state index in [2.05, 4.69) is 15.1 Å². The molecule has 2 aliphatic rings. The largest absolute Gasteiger partial charge is 0.463 e. The first-order valence-electron chi connectivity index (χ1n) is 10.7. The molecule has 0 aliphatic carbocycles. The highest BCUT2D eigenvalue weighted by Gasteiger charge is 2.36. The number of ether oxygens (including phenoxy) is 1. The number of aromatic nitrogens is 2. The van der Waals surface area contributed by atoms with Gasteiger partial charge in [-0.25, -0.2) is 9.97 Å². The summed E-state index contributed by atoms with van der Waals surface area (Å²) in [5.41, 5.74) is -0.598. The zero-order valence-corrected chi connectivity index (χ0v) is 18.2. The molecule has 12 heteroatoms. The van der Waals surface area contributed by atoms with Crippen molar-refractivity contribution in [3.05, 3.63) is 17.5 Å². The Balaban J connectivity index is 1.49. The quantitative estimate of drug-likeness (QED) is 0.397. The minimum atomic E-state index is -4.65. The van der Waals surface area contributed by atoms with E-state index in [-0.39, 0.29) is 29.7 Å². The summed E-state index contributed by atoms with van der Waals surface area (Å²) in [5, 5.41) is 21.3. The van der Waals surface area contributed by atoms with Gasteiger partial charge in [-0.1, -0.05) is 5.16 Å². The van der Waals surface area contributed by atoms with Gasteiger partial charge in [0.2, 0.25) is 5.95 Å². The van der Waals surface area contributed by atoms with Crippen molar-refractivity contribution in [2.75, 3.05) is 31.1 Å². The molecule has 2 aliphatic heterocycles. The normalized spacial score (nSPS) is 18.2. The lowest BCUT2D eigenvalue weighted by molar-refractivity contribution is -0.142. The molecule has 1 aromatic heterocycles. The molecule has 0 amide bonds. The zero-order valence-electron chi connectivity index (χ0n) is 18.2. The Morgan fingerprint density at radius 2 is 1.91 bits per heavy atom. The van der Waals surface area contributed by atoms with Gasteiger partial charge in [-0.2, -0.15) is 13.2 Å². The highest BCUT2D eigenvalue weighted by molar-refractivity contribution is 5.86. The molecular formula is C20H29F3N6O3. The molecule has 3 heterocycles. The third-order valence-corrected chi connectivity index (χ3v) is 5.32. The number of nitrogens with zero attached hydrogens (tertiary/aromatic N) is 5. The molecule has 32 heavy (non-hydrogen) atoms. The molecule has 178 valence electrons. The molecule has 2 saturated heterocycles. The van der Waals surface area contributed by atoms with Gasteiger partial charge in [0.15, 0.2) is 5.69 Å². The van der Waals surface area contributed by atoms with Crippen LogP contribution in [0.15, 0.2) is 11.4 Å². The van der Waals surface area contributed by atoms with Crippen molar-refractivity contribution in [3.8, 4) is 0 Å². The Labute approximate surface area is 184 Å². The van der Waals surface area contributed by atoms with Crippen LogP contribution in [0.1, 0.15) is 50.8 Å². The van der Waals surface area contributed by atoms with Crippen molar-refractivity contribution in [2.45, 2.75) is 64.5 Å². The van der Waals surface area contributed by atoms with E-state index >= 15 is 0 Å². The fourth-order valence-corrected chi connectivity index (χ4v) is 3.58. The number of halogens is 3. The highest BCUT2D eigenvalue weighted by Crippen LogP contribution is 2.31. The number of anilines is 1. The minimum Gasteiger partial charge on any atom is -0.463 e. The van der Waals surface area contributed by atoms with Gasteiger partial charge in [0, 0.05) is 63.6 Å². The van der Waals surface area contributed by atoms with E-state index in [0.29, 0.717) is 39.0 Å². The lowest BCUT2D eigenvalue weighted by Gasteiger charge is -2.32. The summed E-state index contributed by atoms with van der Waals surface area (Å²) in [4.78, 5) is 16.9. The Hall–Kier alpha value is -2.63. The molecule has 0 bridgehead atoms. The molecule has 0 saturated carbocycles. The first-order chi connectivity index (χ1) is 15.2. The average molecular weight is 458 g/mol. The molecule has 1 aromatic rings. The van der Waals surface area contributed by atoms with Gasteiger partial charge in [-0.3, -0.25) is 5.41 Å². The van der Waals surface area contributed by atoms with Crippen LogP contribution in [0.5, 0.6) is 0 Å². The number of aliphatic hydroxyl groups excluding tert-OH is 1. The van der Waals surface area contributed by atoms with Gasteiger partial charge in [-0.05, 0) is 13.8 Å². The predicted molar refractivity (Wildman–Crippen MR) is 111 cm³/mol. The predicted octanol–water partition coefficient (Wildman–Crippen LogP) is 2.78. The van der Waals surface area contributed by atoms with Crippen molar-refractivity contribution in [1.29, 1.82) is 5.41 Å². The van der Waals surface area contributed by atoms with Crippen LogP contribution in [0, 0.1) is 5.41 Å². The number of oxime groups is 1. The third-order valence-electron chi connectivity index (χ3n) is 5.32. The molecule has 2 fully saturated rings. The number of alkyl halides is 3. The van der Waals surface area contributed by atoms with Crippen LogP contribution >= 0.6 is 0 Å². The van der Waals surface area contributed by atoms with E-state index in [1.807, 2.05) is 18.7 Å². The van der Waals surface area contributed by atoms with Crippen molar-refractivity contribution >= 4 is 17.7 Å². The summed E-state index contributed by atoms with van der Waals surface area (Å²) < 4.78 is 44.9. The van der Waals surface area contributed by atoms with Crippen molar-refractivity contribution in [2.24, 2.45) is 5.16 Å². The lowest BCUT2D eigenvalue weighted by atomic mass is 10.1. The van der Waals surface area contributed by atoms with Crippen LogP contribution < -0.4 is 4.90 Å². The number of piperidine rings is 2. The SMILES string of the molecule is CC(C)OC(=N)N1CCC(ON=C2CCN(c3ncc(CO)c(C(F)(F)F)n3)CC2)CC1. The lowest BCUT2D eigenvalue weighted by Crippen LogP contribution is -2.42. The Bertz CT molecular complexity index is 815. The van der Waals surface area contributed by atoms with Crippen LogP contribution in [-0.2, 0) is 22.4 Å². The maximum Gasteiger partial charge on any atom is 0.433 e. The molecule has 0 unspecified atom stereocenters. The minimum absolute atomic E-state index is 0.00655. The first kappa shape index (κ1) is 24.0. The maximum absolute atomic E-state index is 13.2. The van der Waals surface area contributed by atoms with Crippen molar-refractivity contribution < 1.29 is 27.9 Å². The monoisotopic (exact) mass is 458 g/mol. The summed E-state index contributed by atoms with van der Waals surface area (Å²) in [7, 11) is 0. The molecule has 0 aromatic carbocycles. The summed E-state index contributed by atoms with van der Waals surface area (Å²) in [6.07, 6.45) is -1.15. The molecule has 3 rings (SSSR count). The van der Waals surface area contributed by atoms with Crippen molar-refractivity contribution in [1.82, 2.24) is 14.9 Å². The van der Waals surface area contributed by atoms with E-state index in [9.17, 15) is 13.2 Å². The average Bonchev–Trinajstić information content (AvgIpc) is 2.77. The van der Waals surface area contributed by atoms with E-state index in [4.69, 9.17) is 20.1 Å². The number of rotatable bonds is 5. The van der Waals surface area contributed by atoms with Crippen LogP contribution in [0.3, 0.4) is 0 Å². The maximum atomic E-state index is 13.2. The van der Waals surface area contributed by atoms with Gasteiger partial charge < -0.3 is 24.5 Å². The second-order valence-corrected chi connectivity index (χ2v) is 8.11. The van der Waals surface area contributed by atoms with Crippen LogP contribution in [-0.4, -0.2) is 70.1 Å². The van der Waals surface area contributed by atoms with Crippen LogP contribution in [0.2, 0.25) is 0 Å². The molecule has 0 atom stereocenters. The van der Waals surface area contributed by atoms with Gasteiger partial charge in [0.1, 0.15) is 6.10 Å². The van der Waals surface area contributed by atoms with E-state index in [1.165, 1.54) is 0 Å². The number of nitrogens with one attached hydrogen (secondary N) is 1.